The lowest BCUT2D eigenvalue weighted by atomic mass is 10.1. The van der Waals surface area contributed by atoms with E-state index < -0.39 is 10.0 Å². The normalized spacial score (nSPS) is 15.3. The Morgan fingerprint density at radius 1 is 0.850 bits per heavy atom. The summed E-state index contributed by atoms with van der Waals surface area (Å²) < 4.78 is 50.3. The number of methoxy groups -OCH3 is 2. The van der Waals surface area contributed by atoms with E-state index in [0.717, 1.165) is 29.2 Å². The lowest BCUT2D eigenvalue weighted by Gasteiger charge is -2.35. The van der Waals surface area contributed by atoms with Gasteiger partial charge >= 0.3 is 0 Å². The predicted octanol–water partition coefficient (Wildman–Crippen LogP) is 2.97. The molecule has 3 aromatic rings. The maximum Gasteiger partial charge on any atom is 0.243 e. The molecule has 0 saturated carbocycles. The van der Waals surface area contributed by atoms with Crippen LogP contribution in [0.4, 0.5) is 0 Å². The molecule has 0 aromatic heterocycles. The first-order chi connectivity index (χ1) is 19.4. The maximum atomic E-state index is 13.8. The summed E-state index contributed by atoms with van der Waals surface area (Å²) >= 11 is 0. The van der Waals surface area contributed by atoms with Gasteiger partial charge in [-0.05, 0) is 35.4 Å². The molecule has 2 aliphatic heterocycles. The molecule has 2 heterocycles. The van der Waals surface area contributed by atoms with Crippen molar-refractivity contribution in [3.63, 3.8) is 0 Å². The molecule has 0 spiro atoms. The van der Waals surface area contributed by atoms with E-state index in [4.69, 9.17) is 18.9 Å². The highest BCUT2D eigenvalue weighted by Gasteiger charge is 2.31. The van der Waals surface area contributed by atoms with Crippen LogP contribution in [0.2, 0.25) is 0 Å². The topological polar surface area (TPSA) is 97.9 Å². The van der Waals surface area contributed by atoms with Crippen LogP contribution in [0.1, 0.15) is 11.1 Å². The average molecular weight is 568 g/mol. The number of nitrogens with zero attached hydrogens (tertiary/aromatic N) is 3. The van der Waals surface area contributed by atoms with Crippen molar-refractivity contribution >= 4 is 15.9 Å². The summed E-state index contributed by atoms with van der Waals surface area (Å²) in [5.74, 6) is 1.99. The molecule has 1 fully saturated rings. The first kappa shape index (κ1) is 27.8. The van der Waals surface area contributed by atoms with Crippen LogP contribution in [-0.2, 0) is 27.9 Å². The molecule has 0 N–H and O–H groups in total. The van der Waals surface area contributed by atoms with E-state index in [1.807, 2.05) is 48.5 Å². The minimum Gasteiger partial charge on any atom is -0.493 e. The molecule has 212 valence electrons. The number of ether oxygens (including phenoxy) is 4. The molecule has 2 aliphatic rings. The second-order valence-electron chi connectivity index (χ2n) is 9.62. The molecule has 0 unspecified atom stereocenters. The predicted molar refractivity (Wildman–Crippen MR) is 148 cm³/mol. The summed E-state index contributed by atoms with van der Waals surface area (Å²) in [6, 6.07) is 19.6. The van der Waals surface area contributed by atoms with E-state index in [1.165, 1.54) is 30.7 Å². The van der Waals surface area contributed by atoms with Gasteiger partial charge in [-0.15, -0.1) is 0 Å². The summed E-state index contributed by atoms with van der Waals surface area (Å²) in [6.45, 7) is 3.15. The Labute approximate surface area is 234 Å². The van der Waals surface area contributed by atoms with Gasteiger partial charge in [0.25, 0.3) is 0 Å². The third-order valence-corrected chi connectivity index (χ3v) is 8.86. The largest absolute Gasteiger partial charge is 0.493 e. The van der Waals surface area contributed by atoms with E-state index in [9.17, 15) is 13.2 Å². The molecule has 10 nitrogen and oxygen atoms in total. The highest BCUT2D eigenvalue weighted by molar-refractivity contribution is 7.89. The molecule has 0 radical (unpaired) electrons. The Kier molecular flexibility index (Phi) is 8.43. The summed E-state index contributed by atoms with van der Waals surface area (Å²) in [6.07, 6.45) is 0. The number of rotatable bonds is 10. The third-order valence-electron chi connectivity index (χ3n) is 7.07. The van der Waals surface area contributed by atoms with Crippen molar-refractivity contribution in [2.45, 2.75) is 18.0 Å². The number of sulfonamides is 1. The highest BCUT2D eigenvalue weighted by atomic mass is 32.2. The molecule has 0 atom stereocenters. The van der Waals surface area contributed by atoms with Crippen molar-refractivity contribution in [2.75, 3.05) is 53.7 Å². The van der Waals surface area contributed by atoms with Crippen molar-refractivity contribution in [2.24, 2.45) is 0 Å². The van der Waals surface area contributed by atoms with Crippen LogP contribution in [0.15, 0.2) is 71.6 Å². The fourth-order valence-corrected chi connectivity index (χ4v) is 6.24. The highest BCUT2D eigenvalue weighted by Crippen LogP contribution is 2.33. The maximum absolute atomic E-state index is 13.8. The fourth-order valence-electron chi connectivity index (χ4n) is 4.84. The number of benzene rings is 3. The molecular weight excluding hydrogens is 534 g/mol. The van der Waals surface area contributed by atoms with E-state index >= 15 is 0 Å². The Morgan fingerprint density at radius 2 is 1.57 bits per heavy atom. The van der Waals surface area contributed by atoms with Crippen molar-refractivity contribution in [3.8, 4) is 23.0 Å². The summed E-state index contributed by atoms with van der Waals surface area (Å²) in [5.41, 5.74) is 1.90. The van der Waals surface area contributed by atoms with Crippen LogP contribution in [0.5, 0.6) is 23.0 Å². The molecule has 1 amide bonds. The standard InChI is InChI=1S/C29H33N3O7S/c1-36-25-11-9-24(17-27(25)37-2)40(34,35)32(19-22-6-4-3-5-7-22)20-29(33)31-14-12-30(13-15-31)18-23-8-10-26-28(16-23)39-21-38-26/h3-11,16-17H,12-15,18-21H2,1-2H3. The van der Waals surface area contributed by atoms with Crippen LogP contribution in [-0.4, -0.2) is 82.2 Å². The quantitative estimate of drug-likeness (QED) is 0.369. The molecule has 0 bridgehead atoms. The van der Waals surface area contributed by atoms with Crippen LogP contribution in [0.25, 0.3) is 0 Å². The molecule has 0 aliphatic carbocycles. The van der Waals surface area contributed by atoms with Gasteiger partial charge in [0.05, 0.1) is 25.7 Å². The van der Waals surface area contributed by atoms with E-state index in [0.29, 0.717) is 37.7 Å². The van der Waals surface area contributed by atoms with E-state index in [2.05, 4.69) is 4.90 Å². The zero-order valence-electron chi connectivity index (χ0n) is 22.6. The van der Waals surface area contributed by atoms with Crippen molar-refractivity contribution < 1.29 is 32.2 Å². The second kappa shape index (κ2) is 12.2. The first-order valence-corrected chi connectivity index (χ1v) is 14.5. The number of amides is 1. The van der Waals surface area contributed by atoms with Gasteiger partial charge in [0.1, 0.15) is 0 Å². The number of piperazine rings is 1. The summed E-state index contributed by atoms with van der Waals surface area (Å²) in [5, 5.41) is 0. The molecule has 3 aromatic carbocycles. The van der Waals surface area contributed by atoms with Gasteiger partial charge < -0.3 is 23.8 Å². The SMILES string of the molecule is COc1ccc(S(=O)(=O)N(CC(=O)N2CCN(Cc3ccc4c(c3)OCO4)CC2)Cc2ccccc2)cc1OC. The number of fused-ring (bicyclic) bond motifs is 1. The van der Waals surface area contributed by atoms with Crippen LogP contribution >= 0.6 is 0 Å². The van der Waals surface area contributed by atoms with E-state index in [-0.39, 0.29) is 30.7 Å². The summed E-state index contributed by atoms with van der Waals surface area (Å²) in [7, 11) is -1.09. The Bertz CT molecular complexity index is 1440. The monoisotopic (exact) mass is 567 g/mol. The van der Waals surface area contributed by atoms with Gasteiger partial charge in [-0.25, -0.2) is 8.42 Å². The van der Waals surface area contributed by atoms with Crippen molar-refractivity contribution in [1.29, 1.82) is 0 Å². The minimum atomic E-state index is -4.03. The van der Waals surface area contributed by atoms with Crippen LogP contribution < -0.4 is 18.9 Å². The van der Waals surface area contributed by atoms with Gasteiger partial charge in [-0.1, -0.05) is 36.4 Å². The number of carbonyl (C=O) groups excluding carboxylic acids is 1. The second-order valence-corrected chi connectivity index (χ2v) is 11.6. The van der Waals surface area contributed by atoms with Crippen molar-refractivity contribution in [3.05, 3.63) is 77.9 Å². The Balaban J connectivity index is 1.27. The van der Waals surface area contributed by atoms with E-state index in [1.54, 1.807) is 11.0 Å². The molecule has 40 heavy (non-hydrogen) atoms. The van der Waals surface area contributed by atoms with Gasteiger partial charge in [0, 0.05) is 45.3 Å². The number of carbonyl (C=O) groups is 1. The average Bonchev–Trinajstić information content (AvgIpc) is 3.45. The lowest BCUT2D eigenvalue weighted by molar-refractivity contribution is -0.133. The molecule has 5 rings (SSSR count). The van der Waals surface area contributed by atoms with Crippen molar-refractivity contribution in [1.82, 2.24) is 14.1 Å². The first-order valence-electron chi connectivity index (χ1n) is 13.0. The van der Waals surface area contributed by atoms with Crippen LogP contribution in [0.3, 0.4) is 0 Å². The molecule has 11 heteroatoms. The zero-order chi connectivity index (χ0) is 28.1. The number of hydrogen-bond donors (Lipinski definition) is 0. The number of hydrogen-bond acceptors (Lipinski definition) is 8. The minimum absolute atomic E-state index is 0.0300. The van der Waals surface area contributed by atoms with Gasteiger partial charge in [-0.3, -0.25) is 9.69 Å². The third kappa shape index (κ3) is 6.16. The molecular formula is C29H33N3O7S. The molecule has 1 saturated heterocycles. The van der Waals surface area contributed by atoms with Crippen LogP contribution in [0, 0.1) is 0 Å². The van der Waals surface area contributed by atoms with Gasteiger partial charge in [0.15, 0.2) is 23.0 Å². The van der Waals surface area contributed by atoms with Gasteiger partial charge in [-0.2, -0.15) is 4.31 Å². The van der Waals surface area contributed by atoms with Gasteiger partial charge in [0.2, 0.25) is 22.7 Å². The zero-order valence-corrected chi connectivity index (χ0v) is 23.4. The Hall–Kier alpha value is -3.80. The smallest absolute Gasteiger partial charge is 0.243 e. The summed E-state index contributed by atoms with van der Waals surface area (Å²) in [4.78, 5) is 17.5. The fraction of sp³-hybridized carbons (Fsp3) is 0.345. The Morgan fingerprint density at radius 3 is 2.30 bits per heavy atom. The lowest BCUT2D eigenvalue weighted by Crippen LogP contribution is -2.51.